The summed E-state index contributed by atoms with van der Waals surface area (Å²) < 4.78 is 2.72. The van der Waals surface area contributed by atoms with Gasteiger partial charge in [0.2, 0.25) is 0 Å². The monoisotopic (exact) mass is 373 g/mol. The summed E-state index contributed by atoms with van der Waals surface area (Å²) in [6.07, 6.45) is 0. The average molecular weight is 373 g/mol. The zero-order chi connectivity index (χ0) is 18.2. The molecule has 7 aromatic rings. The van der Waals surface area contributed by atoms with Crippen LogP contribution in [0.2, 0.25) is 0 Å². The van der Waals surface area contributed by atoms with Crippen molar-refractivity contribution in [3.63, 3.8) is 0 Å². The Bertz CT molecular complexity index is 1720. The van der Waals surface area contributed by atoms with E-state index in [0.29, 0.717) is 0 Å². The molecule has 0 atom stereocenters. The molecular weight excluding hydrogens is 358 g/mol. The van der Waals surface area contributed by atoms with Crippen LogP contribution in [0.4, 0.5) is 0 Å². The summed E-state index contributed by atoms with van der Waals surface area (Å²) in [5, 5.41) is 10.7. The molecule has 2 heterocycles. The molecule has 0 saturated carbocycles. The molecule has 0 spiro atoms. The van der Waals surface area contributed by atoms with Crippen LogP contribution in [0.3, 0.4) is 0 Å². The summed E-state index contributed by atoms with van der Waals surface area (Å²) in [6, 6.07) is 30.8. The second-order valence-corrected chi connectivity index (χ2v) is 8.48. The van der Waals surface area contributed by atoms with Gasteiger partial charge in [0.15, 0.2) is 0 Å². The van der Waals surface area contributed by atoms with E-state index in [1.54, 1.807) is 0 Å². The van der Waals surface area contributed by atoms with Gasteiger partial charge in [-0.15, -0.1) is 11.3 Å². The minimum atomic E-state index is 1.21. The number of H-pyrrole nitrogens is 1. The SMILES string of the molecule is c1ccc2c(c1)ccc1[nH]c3c4c5ccccc5sc4c4ccccc4c3c12. The van der Waals surface area contributed by atoms with Crippen LogP contribution in [0, 0.1) is 0 Å². The number of aromatic amines is 1. The summed E-state index contributed by atoms with van der Waals surface area (Å²) in [6.45, 7) is 0. The molecule has 0 aliphatic carbocycles. The standard InChI is InChI=1S/C26H15NS/c1-2-8-16-15(7-1)13-14-20-22(16)23-17-9-3-4-10-18(17)26-24(25(23)27-20)19-11-5-6-12-21(19)28-26/h1-14,27H. The van der Waals surface area contributed by atoms with Gasteiger partial charge in [-0.05, 0) is 28.3 Å². The van der Waals surface area contributed by atoms with Crippen LogP contribution in [-0.4, -0.2) is 4.98 Å². The Hall–Kier alpha value is -3.36. The Balaban J connectivity index is 1.92. The third-order valence-corrected chi connectivity index (χ3v) is 7.18. The molecule has 0 aliphatic rings. The van der Waals surface area contributed by atoms with Gasteiger partial charge >= 0.3 is 0 Å². The molecule has 28 heavy (non-hydrogen) atoms. The van der Waals surface area contributed by atoms with Crippen LogP contribution < -0.4 is 0 Å². The largest absolute Gasteiger partial charge is 0.354 e. The molecule has 0 saturated heterocycles. The Kier molecular flexibility index (Phi) is 2.68. The van der Waals surface area contributed by atoms with Gasteiger partial charge in [-0.2, -0.15) is 0 Å². The fourth-order valence-corrected chi connectivity index (χ4v) is 6.06. The maximum Gasteiger partial charge on any atom is 0.0566 e. The van der Waals surface area contributed by atoms with Gasteiger partial charge in [-0.1, -0.05) is 72.8 Å². The smallest absolute Gasteiger partial charge is 0.0566 e. The minimum Gasteiger partial charge on any atom is -0.354 e. The number of fused-ring (bicyclic) bond motifs is 12. The molecule has 7 rings (SSSR count). The number of aromatic nitrogens is 1. The van der Waals surface area contributed by atoms with E-state index in [1.165, 1.54) is 63.5 Å². The van der Waals surface area contributed by atoms with E-state index in [1.807, 2.05) is 11.3 Å². The van der Waals surface area contributed by atoms with E-state index in [4.69, 9.17) is 0 Å². The zero-order valence-electron chi connectivity index (χ0n) is 15.0. The first-order chi connectivity index (χ1) is 13.9. The topological polar surface area (TPSA) is 15.8 Å². The molecule has 130 valence electrons. The molecule has 5 aromatic carbocycles. The predicted molar refractivity (Wildman–Crippen MR) is 124 cm³/mol. The number of hydrogen-bond donors (Lipinski definition) is 1. The average Bonchev–Trinajstić information content (AvgIpc) is 3.33. The highest BCUT2D eigenvalue weighted by Gasteiger charge is 2.18. The fraction of sp³-hybridized carbons (Fsp3) is 0. The molecule has 0 fully saturated rings. The molecule has 1 nitrogen and oxygen atoms in total. The van der Waals surface area contributed by atoms with Crippen LogP contribution in [0.15, 0.2) is 84.9 Å². The summed E-state index contributed by atoms with van der Waals surface area (Å²) in [4.78, 5) is 3.79. The van der Waals surface area contributed by atoms with E-state index in [0.717, 1.165) is 0 Å². The van der Waals surface area contributed by atoms with Crippen LogP contribution in [-0.2, 0) is 0 Å². The first-order valence-corrected chi connectivity index (χ1v) is 10.4. The Morgan fingerprint density at radius 3 is 2.14 bits per heavy atom. The van der Waals surface area contributed by atoms with Crippen molar-refractivity contribution in [2.24, 2.45) is 0 Å². The molecular formula is C26H15NS. The second kappa shape index (κ2) is 5.12. The lowest BCUT2D eigenvalue weighted by atomic mass is 9.97. The van der Waals surface area contributed by atoms with Crippen molar-refractivity contribution in [1.82, 2.24) is 4.98 Å². The highest BCUT2D eigenvalue weighted by Crippen LogP contribution is 2.46. The molecule has 2 aromatic heterocycles. The van der Waals surface area contributed by atoms with Crippen molar-refractivity contribution in [3.8, 4) is 0 Å². The number of rotatable bonds is 0. The van der Waals surface area contributed by atoms with Gasteiger partial charge in [0.25, 0.3) is 0 Å². The highest BCUT2D eigenvalue weighted by molar-refractivity contribution is 7.27. The first kappa shape index (κ1) is 14.7. The summed E-state index contributed by atoms with van der Waals surface area (Å²) in [5.74, 6) is 0. The van der Waals surface area contributed by atoms with Gasteiger partial charge in [0.1, 0.15) is 0 Å². The molecule has 1 N–H and O–H groups in total. The van der Waals surface area contributed by atoms with E-state index in [9.17, 15) is 0 Å². The van der Waals surface area contributed by atoms with Crippen molar-refractivity contribution in [1.29, 1.82) is 0 Å². The normalized spacial score (nSPS) is 12.3. The minimum absolute atomic E-state index is 1.21. The third kappa shape index (κ3) is 1.71. The quantitative estimate of drug-likeness (QED) is 0.277. The molecule has 0 amide bonds. The van der Waals surface area contributed by atoms with Gasteiger partial charge in [0.05, 0.1) is 5.52 Å². The van der Waals surface area contributed by atoms with Crippen molar-refractivity contribution < 1.29 is 0 Å². The van der Waals surface area contributed by atoms with Crippen molar-refractivity contribution in [2.75, 3.05) is 0 Å². The maximum absolute atomic E-state index is 3.79. The van der Waals surface area contributed by atoms with E-state index >= 15 is 0 Å². The second-order valence-electron chi connectivity index (χ2n) is 7.43. The van der Waals surface area contributed by atoms with E-state index in [2.05, 4.69) is 89.9 Å². The van der Waals surface area contributed by atoms with Crippen molar-refractivity contribution >= 4 is 74.9 Å². The Morgan fingerprint density at radius 1 is 0.536 bits per heavy atom. The number of thiophene rings is 1. The Morgan fingerprint density at radius 2 is 1.25 bits per heavy atom. The van der Waals surface area contributed by atoms with Crippen LogP contribution >= 0.6 is 11.3 Å². The summed E-state index contributed by atoms with van der Waals surface area (Å²) >= 11 is 1.90. The van der Waals surface area contributed by atoms with Crippen LogP contribution in [0.25, 0.3) is 63.5 Å². The van der Waals surface area contributed by atoms with Crippen molar-refractivity contribution in [3.05, 3.63) is 84.9 Å². The van der Waals surface area contributed by atoms with Gasteiger partial charge < -0.3 is 4.98 Å². The number of nitrogens with one attached hydrogen (secondary N) is 1. The number of benzene rings is 5. The molecule has 2 heteroatoms. The Labute approximate surface area is 164 Å². The molecule has 0 aliphatic heterocycles. The molecule has 0 unspecified atom stereocenters. The fourth-order valence-electron chi connectivity index (χ4n) is 4.81. The van der Waals surface area contributed by atoms with Crippen LogP contribution in [0.1, 0.15) is 0 Å². The predicted octanol–water partition coefficient (Wildman–Crippen LogP) is 8.00. The van der Waals surface area contributed by atoms with E-state index < -0.39 is 0 Å². The highest BCUT2D eigenvalue weighted by atomic mass is 32.1. The first-order valence-electron chi connectivity index (χ1n) is 9.55. The number of hydrogen-bond acceptors (Lipinski definition) is 1. The lowest BCUT2D eigenvalue weighted by molar-refractivity contribution is 1.58. The summed E-state index contributed by atoms with van der Waals surface area (Å²) in [7, 11) is 0. The van der Waals surface area contributed by atoms with Gasteiger partial charge in [-0.3, -0.25) is 0 Å². The lowest BCUT2D eigenvalue weighted by Gasteiger charge is -2.05. The van der Waals surface area contributed by atoms with Gasteiger partial charge in [0, 0.05) is 41.8 Å². The van der Waals surface area contributed by atoms with Gasteiger partial charge in [-0.25, -0.2) is 0 Å². The van der Waals surface area contributed by atoms with Crippen LogP contribution in [0.5, 0.6) is 0 Å². The van der Waals surface area contributed by atoms with Crippen molar-refractivity contribution in [2.45, 2.75) is 0 Å². The maximum atomic E-state index is 3.79. The summed E-state index contributed by atoms with van der Waals surface area (Å²) in [5.41, 5.74) is 2.47. The molecule has 0 bridgehead atoms. The third-order valence-electron chi connectivity index (χ3n) is 5.98. The van der Waals surface area contributed by atoms with E-state index in [-0.39, 0.29) is 0 Å². The molecule has 0 radical (unpaired) electrons. The zero-order valence-corrected chi connectivity index (χ0v) is 15.8. The lowest BCUT2D eigenvalue weighted by Crippen LogP contribution is -1.78.